The summed E-state index contributed by atoms with van der Waals surface area (Å²) in [6.45, 7) is 4.02. The van der Waals surface area contributed by atoms with Crippen LogP contribution in [-0.4, -0.2) is 26.2 Å². The summed E-state index contributed by atoms with van der Waals surface area (Å²) in [5, 5.41) is 12.8. The molecule has 0 radical (unpaired) electrons. The summed E-state index contributed by atoms with van der Waals surface area (Å²) >= 11 is 6.18. The summed E-state index contributed by atoms with van der Waals surface area (Å²) < 4.78 is 0. The normalized spacial score (nSPS) is 16.6. The highest BCUT2D eigenvalue weighted by Crippen LogP contribution is 2.27. The average molecular weight is 236 g/mol. The monoisotopic (exact) mass is 235 g/mol. The fraction of sp³-hybridized carbons (Fsp3) is 0.417. The van der Waals surface area contributed by atoms with Crippen LogP contribution in [0, 0.1) is 11.3 Å². The molecule has 4 heteroatoms. The van der Waals surface area contributed by atoms with Crippen molar-refractivity contribution in [2.75, 3.05) is 31.1 Å². The van der Waals surface area contributed by atoms with Crippen LogP contribution in [0.3, 0.4) is 0 Å². The first-order valence-electron chi connectivity index (χ1n) is 5.46. The number of nitriles is 1. The number of benzene rings is 1. The van der Waals surface area contributed by atoms with Crippen LogP contribution in [0.1, 0.15) is 12.0 Å². The Kier molecular flexibility index (Phi) is 3.66. The Balaban J connectivity index is 2.22. The highest BCUT2D eigenvalue weighted by atomic mass is 35.5. The van der Waals surface area contributed by atoms with Gasteiger partial charge in [0.15, 0.2) is 0 Å². The molecule has 84 valence electrons. The maximum atomic E-state index is 8.78. The van der Waals surface area contributed by atoms with E-state index in [1.165, 1.54) is 0 Å². The second-order valence-corrected chi connectivity index (χ2v) is 4.28. The van der Waals surface area contributed by atoms with Crippen molar-refractivity contribution in [1.82, 2.24) is 5.32 Å². The standard InChI is InChI=1S/C12H14ClN3/c13-11-8-10(9-14)2-3-12(11)16-6-1-4-15-5-7-16/h2-3,8,15H,1,4-7H2. The lowest BCUT2D eigenvalue weighted by molar-refractivity contribution is 0.724. The quantitative estimate of drug-likeness (QED) is 0.810. The van der Waals surface area contributed by atoms with E-state index in [2.05, 4.69) is 16.3 Å². The van der Waals surface area contributed by atoms with E-state index in [0.29, 0.717) is 10.6 Å². The predicted molar refractivity (Wildman–Crippen MR) is 65.9 cm³/mol. The van der Waals surface area contributed by atoms with E-state index in [9.17, 15) is 0 Å². The molecule has 2 rings (SSSR count). The smallest absolute Gasteiger partial charge is 0.0992 e. The topological polar surface area (TPSA) is 39.1 Å². The Morgan fingerprint density at radius 3 is 2.94 bits per heavy atom. The first-order valence-corrected chi connectivity index (χ1v) is 5.84. The Morgan fingerprint density at radius 1 is 1.31 bits per heavy atom. The van der Waals surface area contributed by atoms with Gasteiger partial charge < -0.3 is 10.2 Å². The van der Waals surface area contributed by atoms with Crippen LogP contribution in [0.5, 0.6) is 0 Å². The summed E-state index contributed by atoms with van der Waals surface area (Å²) in [6, 6.07) is 7.58. The molecule has 0 saturated carbocycles. The molecule has 1 heterocycles. The molecular weight excluding hydrogens is 222 g/mol. The number of hydrogen-bond acceptors (Lipinski definition) is 3. The second kappa shape index (κ2) is 5.20. The minimum Gasteiger partial charge on any atom is -0.369 e. The van der Waals surface area contributed by atoms with Gasteiger partial charge in [0.1, 0.15) is 0 Å². The molecule has 1 aromatic rings. The third-order valence-electron chi connectivity index (χ3n) is 2.76. The largest absolute Gasteiger partial charge is 0.369 e. The minimum absolute atomic E-state index is 0.613. The van der Waals surface area contributed by atoms with Crippen LogP contribution < -0.4 is 10.2 Å². The summed E-state index contributed by atoms with van der Waals surface area (Å²) in [6.07, 6.45) is 1.12. The first-order chi connectivity index (χ1) is 7.81. The van der Waals surface area contributed by atoms with Crippen LogP contribution in [0.25, 0.3) is 0 Å². The molecule has 1 aromatic carbocycles. The Hall–Kier alpha value is -1.24. The highest BCUT2D eigenvalue weighted by Gasteiger charge is 2.12. The van der Waals surface area contributed by atoms with Crippen molar-refractivity contribution in [1.29, 1.82) is 5.26 Å². The fourth-order valence-electron chi connectivity index (χ4n) is 1.92. The lowest BCUT2D eigenvalue weighted by Gasteiger charge is -2.23. The molecular formula is C12H14ClN3. The van der Waals surface area contributed by atoms with Crippen molar-refractivity contribution in [3.63, 3.8) is 0 Å². The van der Waals surface area contributed by atoms with Crippen molar-refractivity contribution < 1.29 is 0 Å². The van der Waals surface area contributed by atoms with Crippen LogP contribution in [-0.2, 0) is 0 Å². The first kappa shape index (κ1) is 11.3. The number of hydrogen-bond donors (Lipinski definition) is 1. The lowest BCUT2D eigenvalue weighted by Crippen LogP contribution is -2.28. The third kappa shape index (κ3) is 2.46. The van der Waals surface area contributed by atoms with Gasteiger partial charge in [-0.2, -0.15) is 5.26 Å². The van der Waals surface area contributed by atoms with Crippen molar-refractivity contribution in [3.05, 3.63) is 28.8 Å². The van der Waals surface area contributed by atoms with Gasteiger partial charge in [0.25, 0.3) is 0 Å². The molecule has 0 unspecified atom stereocenters. The second-order valence-electron chi connectivity index (χ2n) is 3.87. The Labute approximate surface area is 101 Å². The number of nitrogens with zero attached hydrogens (tertiary/aromatic N) is 2. The zero-order valence-electron chi connectivity index (χ0n) is 9.04. The minimum atomic E-state index is 0.613. The van der Waals surface area contributed by atoms with E-state index >= 15 is 0 Å². The summed E-state index contributed by atoms with van der Waals surface area (Å²) in [7, 11) is 0. The van der Waals surface area contributed by atoms with Gasteiger partial charge in [-0.1, -0.05) is 11.6 Å². The van der Waals surface area contributed by atoms with Gasteiger partial charge in [-0.3, -0.25) is 0 Å². The third-order valence-corrected chi connectivity index (χ3v) is 3.06. The molecule has 0 atom stereocenters. The van der Waals surface area contributed by atoms with Gasteiger partial charge in [0, 0.05) is 19.6 Å². The fourth-order valence-corrected chi connectivity index (χ4v) is 2.22. The summed E-state index contributed by atoms with van der Waals surface area (Å²) in [4.78, 5) is 2.27. The molecule has 1 fully saturated rings. The van der Waals surface area contributed by atoms with Crippen molar-refractivity contribution >= 4 is 17.3 Å². The zero-order chi connectivity index (χ0) is 11.4. The SMILES string of the molecule is N#Cc1ccc(N2CCCNCC2)c(Cl)c1. The Morgan fingerprint density at radius 2 is 2.19 bits per heavy atom. The maximum Gasteiger partial charge on any atom is 0.0992 e. The molecule has 1 aliphatic rings. The number of rotatable bonds is 1. The molecule has 1 saturated heterocycles. The lowest BCUT2D eigenvalue weighted by atomic mass is 10.2. The van der Waals surface area contributed by atoms with Gasteiger partial charge in [0.2, 0.25) is 0 Å². The van der Waals surface area contributed by atoms with E-state index in [1.54, 1.807) is 6.07 Å². The molecule has 3 nitrogen and oxygen atoms in total. The van der Waals surface area contributed by atoms with Crippen molar-refractivity contribution in [3.8, 4) is 6.07 Å². The number of anilines is 1. The van der Waals surface area contributed by atoms with E-state index in [4.69, 9.17) is 16.9 Å². The molecule has 16 heavy (non-hydrogen) atoms. The van der Waals surface area contributed by atoms with Crippen LogP contribution in [0.2, 0.25) is 5.02 Å². The summed E-state index contributed by atoms with van der Waals surface area (Å²) in [5.74, 6) is 0. The molecule has 1 aliphatic heterocycles. The van der Waals surface area contributed by atoms with E-state index in [1.807, 2.05) is 12.1 Å². The Bertz CT molecular complexity index is 403. The molecule has 0 spiro atoms. The van der Waals surface area contributed by atoms with Gasteiger partial charge >= 0.3 is 0 Å². The number of nitrogens with one attached hydrogen (secondary N) is 1. The average Bonchev–Trinajstić information content (AvgIpc) is 2.57. The van der Waals surface area contributed by atoms with E-state index < -0.39 is 0 Å². The van der Waals surface area contributed by atoms with Gasteiger partial charge in [-0.05, 0) is 31.2 Å². The predicted octanol–water partition coefficient (Wildman–Crippen LogP) is 2.01. The van der Waals surface area contributed by atoms with Gasteiger partial charge in [-0.25, -0.2) is 0 Å². The van der Waals surface area contributed by atoms with Crippen molar-refractivity contribution in [2.24, 2.45) is 0 Å². The van der Waals surface area contributed by atoms with Crippen LogP contribution in [0.15, 0.2) is 18.2 Å². The maximum absolute atomic E-state index is 8.78. The van der Waals surface area contributed by atoms with E-state index in [-0.39, 0.29) is 0 Å². The van der Waals surface area contributed by atoms with Crippen LogP contribution >= 0.6 is 11.6 Å². The molecule has 0 amide bonds. The molecule has 1 N–H and O–H groups in total. The van der Waals surface area contributed by atoms with E-state index in [0.717, 1.165) is 38.3 Å². The van der Waals surface area contributed by atoms with Crippen LogP contribution in [0.4, 0.5) is 5.69 Å². The highest BCUT2D eigenvalue weighted by molar-refractivity contribution is 6.33. The zero-order valence-corrected chi connectivity index (χ0v) is 9.80. The van der Waals surface area contributed by atoms with Crippen molar-refractivity contribution in [2.45, 2.75) is 6.42 Å². The molecule has 0 aromatic heterocycles. The van der Waals surface area contributed by atoms with Gasteiger partial charge in [0.05, 0.1) is 22.3 Å². The summed E-state index contributed by atoms with van der Waals surface area (Å²) in [5.41, 5.74) is 1.64. The van der Waals surface area contributed by atoms with Gasteiger partial charge in [-0.15, -0.1) is 0 Å². The molecule has 0 bridgehead atoms. The molecule has 0 aliphatic carbocycles. The number of halogens is 1.